The molecule has 0 atom stereocenters. The van der Waals surface area contributed by atoms with Crippen molar-refractivity contribution in [2.24, 2.45) is 5.73 Å². The highest BCUT2D eigenvalue weighted by Gasteiger charge is 2.56. The second-order valence-electron chi connectivity index (χ2n) is 4.23. The summed E-state index contributed by atoms with van der Waals surface area (Å²) in [7, 11) is -10.2. The van der Waals surface area contributed by atoms with Gasteiger partial charge in [0.05, 0.1) is 0 Å². The van der Waals surface area contributed by atoms with E-state index in [9.17, 15) is 9.13 Å². The second kappa shape index (κ2) is 10.5. The summed E-state index contributed by atoms with van der Waals surface area (Å²) < 4.78 is 22.5. The Morgan fingerprint density at radius 3 is 1.78 bits per heavy atom. The van der Waals surface area contributed by atoms with E-state index in [4.69, 9.17) is 25.3 Å². The van der Waals surface area contributed by atoms with Gasteiger partial charge in [-0.15, -0.1) is 11.8 Å². The lowest BCUT2D eigenvalue weighted by molar-refractivity contribution is 0.302. The summed E-state index contributed by atoms with van der Waals surface area (Å²) in [6.45, 7) is 0. The van der Waals surface area contributed by atoms with E-state index in [0.717, 1.165) is 4.90 Å². The SMILES string of the molecule is NC(CCCSc1ccccc1)(P(=O)(O)O)P(=O)(O)O.O.O.O. The van der Waals surface area contributed by atoms with Crippen LogP contribution in [0.4, 0.5) is 0 Å². The molecular weight excluding hydrogens is 372 g/mol. The highest BCUT2D eigenvalue weighted by molar-refractivity contribution is 7.99. The molecule has 0 saturated carbocycles. The average molecular weight is 395 g/mol. The molecule has 13 heteroatoms. The van der Waals surface area contributed by atoms with Gasteiger partial charge >= 0.3 is 15.2 Å². The number of benzene rings is 1. The minimum Gasteiger partial charge on any atom is -0.412 e. The average Bonchev–Trinajstić information content (AvgIpc) is 2.33. The molecule has 0 bridgehead atoms. The number of nitrogens with two attached hydrogens (primary N) is 1. The number of thioether (sulfide) groups is 1. The Labute approximate surface area is 137 Å². The van der Waals surface area contributed by atoms with Gasteiger partial charge in [-0.25, -0.2) is 0 Å². The molecule has 0 saturated heterocycles. The third-order valence-corrected chi connectivity index (χ3v) is 7.84. The summed E-state index contributed by atoms with van der Waals surface area (Å²) in [6.07, 6.45) is -0.284. The van der Waals surface area contributed by atoms with Crippen molar-refractivity contribution in [3.05, 3.63) is 30.3 Å². The number of hydrogen-bond donors (Lipinski definition) is 5. The van der Waals surface area contributed by atoms with Crippen molar-refractivity contribution >= 4 is 27.0 Å². The largest absolute Gasteiger partial charge is 0.412 e. The molecule has 0 unspecified atom stereocenters. The van der Waals surface area contributed by atoms with Gasteiger partial charge in [0.25, 0.3) is 0 Å². The van der Waals surface area contributed by atoms with Crippen LogP contribution < -0.4 is 5.73 Å². The maximum atomic E-state index is 11.2. The van der Waals surface area contributed by atoms with Crippen LogP contribution in [0.2, 0.25) is 0 Å². The molecule has 10 nitrogen and oxygen atoms in total. The molecule has 1 aromatic carbocycles. The molecule has 0 aliphatic carbocycles. The molecule has 0 fully saturated rings. The lowest BCUT2D eigenvalue weighted by atomic mass is 10.3. The third kappa shape index (κ3) is 7.42. The van der Waals surface area contributed by atoms with Crippen LogP contribution in [0, 0.1) is 0 Å². The standard InChI is InChI=1S/C10H17NO6P2S.3H2O/c11-10(18(12,13)14,19(15,16)17)7-4-8-20-9-5-2-1-3-6-9;;;/h1-3,5-6H,4,7-8,11H2,(H2,12,13,14)(H2,15,16,17);3*1H2. The van der Waals surface area contributed by atoms with Crippen molar-refractivity contribution in [2.45, 2.75) is 22.8 Å². The highest BCUT2D eigenvalue weighted by atomic mass is 32.2. The van der Waals surface area contributed by atoms with Crippen LogP contribution in [0.25, 0.3) is 0 Å². The van der Waals surface area contributed by atoms with Crippen LogP contribution in [-0.4, -0.2) is 46.8 Å². The first-order valence-corrected chi connectivity index (χ1v) is 9.87. The predicted molar refractivity (Wildman–Crippen MR) is 88.2 cm³/mol. The molecule has 0 spiro atoms. The molecule has 0 amide bonds. The molecular formula is C10H23NO9P2S. The van der Waals surface area contributed by atoms with Crippen LogP contribution in [0.3, 0.4) is 0 Å². The van der Waals surface area contributed by atoms with Gasteiger partial charge in [0.1, 0.15) is 0 Å². The molecule has 1 rings (SSSR count). The van der Waals surface area contributed by atoms with Gasteiger partial charge in [-0.05, 0) is 30.7 Å². The normalized spacial score (nSPS) is 11.7. The van der Waals surface area contributed by atoms with Crippen molar-refractivity contribution in [3.63, 3.8) is 0 Å². The van der Waals surface area contributed by atoms with Gasteiger partial charge in [-0.1, -0.05) is 18.2 Å². The lowest BCUT2D eigenvalue weighted by Crippen LogP contribution is -2.39. The first-order chi connectivity index (χ1) is 9.08. The molecule has 0 aliphatic rings. The van der Waals surface area contributed by atoms with Crippen LogP contribution in [0.15, 0.2) is 35.2 Å². The van der Waals surface area contributed by atoms with Crippen LogP contribution >= 0.6 is 27.0 Å². The van der Waals surface area contributed by atoms with Crippen molar-refractivity contribution in [2.75, 3.05) is 5.75 Å². The molecule has 0 aromatic heterocycles. The van der Waals surface area contributed by atoms with Crippen LogP contribution in [0.1, 0.15) is 12.8 Å². The topological polar surface area (TPSA) is 236 Å². The zero-order valence-electron chi connectivity index (χ0n) is 12.0. The Hall–Kier alpha value is -0.290. The molecule has 23 heavy (non-hydrogen) atoms. The van der Waals surface area contributed by atoms with Crippen molar-refractivity contribution in [1.82, 2.24) is 0 Å². The molecule has 0 aliphatic heterocycles. The summed E-state index contributed by atoms with van der Waals surface area (Å²) in [6, 6.07) is 9.29. The Morgan fingerprint density at radius 1 is 0.957 bits per heavy atom. The van der Waals surface area contributed by atoms with E-state index in [2.05, 4.69) is 0 Å². The predicted octanol–water partition coefficient (Wildman–Crippen LogP) is -0.947. The molecule has 138 valence electrons. The summed E-state index contributed by atoms with van der Waals surface area (Å²) >= 11 is 1.42. The van der Waals surface area contributed by atoms with E-state index < -0.39 is 26.6 Å². The Balaban J connectivity index is -0.00000133. The minimum atomic E-state index is -5.12. The smallest absolute Gasteiger partial charge is 0.357 e. The third-order valence-electron chi connectivity index (χ3n) is 2.71. The Kier molecular flexibility index (Phi) is 12.6. The van der Waals surface area contributed by atoms with Gasteiger partial charge in [0.15, 0.2) is 0 Å². The zero-order chi connectivity index (χ0) is 15.4. The van der Waals surface area contributed by atoms with E-state index in [1.807, 2.05) is 30.3 Å². The summed E-state index contributed by atoms with van der Waals surface area (Å²) in [5, 5.41) is -2.81. The van der Waals surface area contributed by atoms with Gasteiger partial charge in [0, 0.05) is 4.90 Å². The van der Waals surface area contributed by atoms with E-state index in [1.54, 1.807) is 0 Å². The highest BCUT2D eigenvalue weighted by Crippen LogP contribution is 2.67. The minimum absolute atomic E-state index is 0. The second-order valence-corrected chi connectivity index (χ2v) is 9.52. The first-order valence-electron chi connectivity index (χ1n) is 5.66. The molecule has 0 heterocycles. The van der Waals surface area contributed by atoms with E-state index >= 15 is 0 Å². The first kappa shape index (κ1) is 27.6. The van der Waals surface area contributed by atoms with Crippen LogP contribution in [-0.2, 0) is 9.13 Å². The van der Waals surface area contributed by atoms with Gasteiger partial charge in [-0.3, -0.25) is 9.13 Å². The number of hydrogen-bond acceptors (Lipinski definition) is 4. The lowest BCUT2D eigenvalue weighted by Gasteiger charge is -2.30. The fraction of sp³-hybridized carbons (Fsp3) is 0.400. The Bertz CT molecular complexity index is 510. The molecule has 0 radical (unpaired) electrons. The monoisotopic (exact) mass is 395 g/mol. The summed E-state index contributed by atoms with van der Waals surface area (Å²) in [4.78, 5) is 37.3. The molecule has 12 N–H and O–H groups in total. The zero-order valence-corrected chi connectivity index (χ0v) is 14.6. The number of rotatable bonds is 7. The fourth-order valence-corrected chi connectivity index (χ4v) is 4.63. The van der Waals surface area contributed by atoms with Crippen molar-refractivity contribution in [1.29, 1.82) is 0 Å². The van der Waals surface area contributed by atoms with E-state index in [1.165, 1.54) is 11.8 Å². The van der Waals surface area contributed by atoms with E-state index in [0.29, 0.717) is 5.75 Å². The molecule has 1 aromatic rings. The van der Waals surface area contributed by atoms with Crippen molar-refractivity contribution < 1.29 is 45.1 Å². The Morgan fingerprint density at radius 2 is 1.39 bits per heavy atom. The summed E-state index contributed by atoms with van der Waals surface area (Å²) in [5.74, 6) is 0.447. The van der Waals surface area contributed by atoms with Gasteiger partial charge in [-0.2, -0.15) is 0 Å². The maximum absolute atomic E-state index is 11.2. The van der Waals surface area contributed by atoms with Gasteiger partial charge < -0.3 is 41.7 Å². The van der Waals surface area contributed by atoms with E-state index in [-0.39, 0.29) is 22.8 Å². The van der Waals surface area contributed by atoms with Gasteiger partial charge in [0.2, 0.25) is 5.02 Å². The van der Waals surface area contributed by atoms with Crippen molar-refractivity contribution in [3.8, 4) is 0 Å². The maximum Gasteiger partial charge on any atom is 0.357 e. The van der Waals surface area contributed by atoms with Crippen LogP contribution in [0.5, 0.6) is 0 Å². The quantitative estimate of drug-likeness (QED) is 0.219. The summed E-state index contributed by atoms with van der Waals surface area (Å²) in [5.41, 5.74) is 5.30. The fourth-order valence-electron chi connectivity index (χ4n) is 1.50.